The van der Waals surface area contributed by atoms with Gasteiger partial charge in [-0.1, -0.05) is 13.3 Å². The highest BCUT2D eigenvalue weighted by atomic mass is 16.4. The molecule has 1 saturated heterocycles. The second-order valence-corrected chi connectivity index (χ2v) is 5.02. The summed E-state index contributed by atoms with van der Waals surface area (Å²) in [4.78, 5) is 28.9. The van der Waals surface area contributed by atoms with Crippen molar-refractivity contribution >= 4 is 11.9 Å². The van der Waals surface area contributed by atoms with E-state index in [1.54, 1.807) is 0 Å². The normalized spacial score (nSPS) is 22.6. The summed E-state index contributed by atoms with van der Waals surface area (Å²) < 4.78 is 0. The zero-order chi connectivity index (χ0) is 14.7. The molecule has 0 bridgehead atoms. The zero-order valence-corrected chi connectivity index (χ0v) is 11.3. The maximum atomic E-state index is 12.4. The summed E-state index contributed by atoms with van der Waals surface area (Å²) in [5.74, 6) is -1.44. The third-order valence-electron chi connectivity index (χ3n) is 3.82. The van der Waals surface area contributed by atoms with Crippen LogP contribution in [0.15, 0.2) is 18.3 Å². The van der Waals surface area contributed by atoms with E-state index in [0.717, 1.165) is 12.8 Å². The first kappa shape index (κ1) is 14.3. The largest absolute Gasteiger partial charge is 0.505 e. The number of hydrogen-bond acceptors (Lipinski definition) is 4. The average Bonchev–Trinajstić information content (AvgIpc) is 2.46. The number of rotatable bonds is 3. The Balaban J connectivity index is 2.24. The Morgan fingerprint density at radius 3 is 2.85 bits per heavy atom. The molecule has 108 valence electrons. The molecule has 2 N–H and O–H groups in total. The van der Waals surface area contributed by atoms with E-state index < -0.39 is 17.9 Å². The molecule has 2 rings (SSSR count). The molecule has 0 aliphatic carbocycles. The molecule has 6 nitrogen and oxygen atoms in total. The maximum absolute atomic E-state index is 12.4. The minimum atomic E-state index is -1.01. The summed E-state index contributed by atoms with van der Waals surface area (Å²) in [5, 5.41) is 19.0. The molecular weight excluding hydrogens is 260 g/mol. The van der Waals surface area contributed by atoms with Crippen molar-refractivity contribution < 1.29 is 19.8 Å². The van der Waals surface area contributed by atoms with Crippen LogP contribution in [0.5, 0.6) is 5.75 Å². The molecule has 2 unspecified atom stereocenters. The van der Waals surface area contributed by atoms with Gasteiger partial charge < -0.3 is 15.1 Å². The number of carboxylic acid groups (broad SMARTS) is 1. The molecular formula is C14H18N2O4. The van der Waals surface area contributed by atoms with Crippen LogP contribution < -0.4 is 0 Å². The second-order valence-electron chi connectivity index (χ2n) is 5.02. The Morgan fingerprint density at radius 2 is 2.25 bits per heavy atom. The molecule has 0 spiro atoms. The van der Waals surface area contributed by atoms with E-state index in [0.29, 0.717) is 18.9 Å². The average molecular weight is 278 g/mol. The fourth-order valence-electron chi connectivity index (χ4n) is 2.58. The highest BCUT2D eigenvalue weighted by molar-refractivity contribution is 5.97. The number of aromatic hydroxyl groups is 1. The summed E-state index contributed by atoms with van der Waals surface area (Å²) in [6.07, 6.45) is 3.53. The van der Waals surface area contributed by atoms with Crippen molar-refractivity contribution in [1.29, 1.82) is 0 Å². The summed E-state index contributed by atoms with van der Waals surface area (Å²) in [6.45, 7) is 2.40. The lowest BCUT2D eigenvalue weighted by Gasteiger charge is -2.36. The Kier molecular flexibility index (Phi) is 4.22. The standard InChI is InChI=1S/C14H18N2O4/c1-2-9-5-7-16(10(8-9)14(19)20)13(18)12-11(17)4-3-6-15-12/h3-4,6,9-10,17H,2,5,7-8H2,1H3,(H,19,20). The fourth-order valence-corrected chi connectivity index (χ4v) is 2.58. The van der Waals surface area contributed by atoms with Crippen LogP contribution in [0.25, 0.3) is 0 Å². The van der Waals surface area contributed by atoms with Crippen molar-refractivity contribution in [3.05, 3.63) is 24.0 Å². The number of aliphatic carboxylic acids is 1. The summed E-state index contributed by atoms with van der Waals surface area (Å²) >= 11 is 0. The van der Waals surface area contributed by atoms with E-state index in [4.69, 9.17) is 0 Å². The third kappa shape index (κ3) is 2.74. The first-order chi connectivity index (χ1) is 9.54. The van der Waals surface area contributed by atoms with E-state index in [1.807, 2.05) is 6.92 Å². The predicted octanol–water partition coefficient (Wildman–Crippen LogP) is 1.50. The molecule has 20 heavy (non-hydrogen) atoms. The lowest BCUT2D eigenvalue weighted by molar-refractivity contribution is -0.144. The number of pyridine rings is 1. The lowest BCUT2D eigenvalue weighted by Crippen LogP contribution is -2.50. The van der Waals surface area contributed by atoms with E-state index in [2.05, 4.69) is 4.98 Å². The molecule has 1 fully saturated rings. The molecule has 2 heterocycles. The molecule has 1 aromatic rings. The van der Waals surface area contributed by atoms with Crippen molar-refractivity contribution in [2.75, 3.05) is 6.54 Å². The molecule has 1 amide bonds. The zero-order valence-electron chi connectivity index (χ0n) is 11.3. The summed E-state index contributed by atoms with van der Waals surface area (Å²) in [6, 6.07) is 2.04. The quantitative estimate of drug-likeness (QED) is 0.874. The van der Waals surface area contributed by atoms with Crippen LogP contribution in [0.4, 0.5) is 0 Å². The van der Waals surface area contributed by atoms with Gasteiger partial charge in [0.2, 0.25) is 0 Å². The van der Waals surface area contributed by atoms with Gasteiger partial charge in [0.05, 0.1) is 0 Å². The van der Waals surface area contributed by atoms with E-state index in [1.165, 1.54) is 23.2 Å². The number of carbonyl (C=O) groups excluding carboxylic acids is 1. The van der Waals surface area contributed by atoms with Gasteiger partial charge in [0.15, 0.2) is 5.69 Å². The Morgan fingerprint density at radius 1 is 1.50 bits per heavy atom. The fraction of sp³-hybridized carbons (Fsp3) is 0.500. The maximum Gasteiger partial charge on any atom is 0.326 e. The van der Waals surface area contributed by atoms with Gasteiger partial charge in [0.1, 0.15) is 11.8 Å². The number of hydrogen-bond donors (Lipinski definition) is 2. The van der Waals surface area contributed by atoms with Crippen molar-refractivity contribution in [3.8, 4) is 5.75 Å². The van der Waals surface area contributed by atoms with Gasteiger partial charge in [-0.15, -0.1) is 0 Å². The molecule has 0 saturated carbocycles. The van der Waals surface area contributed by atoms with Crippen molar-refractivity contribution in [2.45, 2.75) is 32.2 Å². The van der Waals surface area contributed by atoms with Crippen LogP contribution in [0.2, 0.25) is 0 Å². The van der Waals surface area contributed by atoms with Crippen LogP contribution in [0, 0.1) is 5.92 Å². The first-order valence-electron chi connectivity index (χ1n) is 6.72. The number of likely N-dealkylation sites (tertiary alicyclic amines) is 1. The monoisotopic (exact) mass is 278 g/mol. The Labute approximate surface area is 117 Å². The van der Waals surface area contributed by atoms with Crippen LogP contribution in [-0.2, 0) is 4.79 Å². The first-order valence-corrected chi connectivity index (χ1v) is 6.72. The molecule has 0 aromatic carbocycles. The molecule has 0 radical (unpaired) electrons. The van der Waals surface area contributed by atoms with E-state index in [-0.39, 0.29) is 11.4 Å². The van der Waals surface area contributed by atoms with Gasteiger partial charge in [-0.05, 0) is 30.9 Å². The van der Waals surface area contributed by atoms with Gasteiger partial charge in [-0.3, -0.25) is 4.79 Å². The van der Waals surface area contributed by atoms with Crippen LogP contribution >= 0.6 is 0 Å². The van der Waals surface area contributed by atoms with Gasteiger partial charge in [-0.2, -0.15) is 0 Å². The van der Waals surface area contributed by atoms with Gasteiger partial charge in [-0.25, -0.2) is 9.78 Å². The predicted molar refractivity (Wildman–Crippen MR) is 71.4 cm³/mol. The molecule has 1 aliphatic heterocycles. The Bertz CT molecular complexity index is 518. The topological polar surface area (TPSA) is 90.7 Å². The number of nitrogens with zero attached hydrogens (tertiary/aromatic N) is 2. The molecule has 1 aromatic heterocycles. The van der Waals surface area contributed by atoms with E-state index >= 15 is 0 Å². The number of carboxylic acids is 1. The smallest absolute Gasteiger partial charge is 0.326 e. The number of piperidine rings is 1. The molecule has 2 atom stereocenters. The highest BCUT2D eigenvalue weighted by Gasteiger charge is 2.37. The third-order valence-corrected chi connectivity index (χ3v) is 3.82. The molecule has 6 heteroatoms. The minimum absolute atomic E-state index is 0.0892. The number of amides is 1. The van der Waals surface area contributed by atoms with Gasteiger partial charge in [0, 0.05) is 12.7 Å². The lowest BCUT2D eigenvalue weighted by atomic mass is 9.88. The van der Waals surface area contributed by atoms with Gasteiger partial charge >= 0.3 is 5.97 Å². The van der Waals surface area contributed by atoms with Crippen LogP contribution in [0.1, 0.15) is 36.7 Å². The van der Waals surface area contributed by atoms with Crippen LogP contribution in [0.3, 0.4) is 0 Å². The van der Waals surface area contributed by atoms with Crippen molar-refractivity contribution in [3.63, 3.8) is 0 Å². The summed E-state index contributed by atoms with van der Waals surface area (Å²) in [5.41, 5.74) is -0.0892. The molecule has 1 aliphatic rings. The van der Waals surface area contributed by atoms with Crippen molar-refractivity contribution in [2.24, 2.45) is 5.92 Å². The van der Waals surface area contributed by atoms with Crippen molar-refractivity contribution in [1.82, 2.24) is 9.88 Å². The van der Waals surface area contributed by atoms with Crippen LogP contribution in [-0.4, -0.2) is 44.6 Å². The number of carbonyl (C=O) groups is 2. The highest BCUT2D eigenvalue weighted by Crippen LogP contribution is 2.28. The minimum Gasteiger partial charge on any atom is -0.505 e. The Hall–Kier alpha value is -2.11. The summed E-state index contributed by atoms with van der Waals surface area (Å²) in [7, 11) is 0. The SMILES string of the molecule is CCC1CCN(C(=O)c2ncccc2O)C(C(=O)O)C1. The van der Waals surface area contributed by atoms with E-state index in [9.17, 15) is 19.8 Å². The number of aromatic nitrogens is 1. The second kappa shape index (κ2) is 5.90. The van der Waals surface area contributed by atoms with Gasteiger partial charge in [0.25, 0.3) is 5.91 Å².